The van der Waals surface area contributed by atoms with Gasteiger partial charge in [0.2, 0.25) is 0 Å². The van der Waals surface area contributed by atoms with E-state index in [0.29, 0.717) is 0 Å². The zero-order chi connectivity index (χ0) is 14.1. The van der Waals surface area contributed by atoms with Crippen molar-refractivity contribution in [2.45, 2.75) is 25.9 Å². The molecule has 0 radical (unpaired) electrons. The second-order valence-corrected chi connectivity index (χ2v) is 4.86. The summed E-state index contributed by atoms with van der Waals surface area (Å²) in [4.78, 5) is 35.2. The zero-order valence-corrected chi connectivity index (χ0v) is 10.9. The number of ether oxygens (including phenoxy) is 2. The van der Waals surface area contributed by atoms with Crippen LogP contribution in [0.1, 0.15) is 20.3 Å². The molecule has 4 atom stereocenters. The van der Waals surface area contributed by atoms with E-state index in [1.165, 1.54) is 21.1 Å². The van der Waals surface area contributed by atoms with Crippen LogP contribution in [0.2, 0.25) is 0 Å². The number of carbonyl (C=O) groups is 3. The third-order valence-electron chi connectivity index (χ3n) is 3.51. The fourth-order valence-electron chi connectivity index (χ4n) is 2.69. The van der Waals surface area contributed by atoms with Gasteiger partial charge in [-0.05, 0) is 12.8 Å². The number of rotatable bonds is 2. The lowest BCUT2D eigenvalue weighted by Gasteiger charge is -2.41. The summed E-state index contributed by atoms with van der Waals surface area (Å²) in [6.07, 6.45) is -0.267. The van der Waals surface area contributed by atoms with Gasteiger partial charge in [0.1, 0.15) is 11.7 Å². The number of aliphatic hydroxyl groups is 1. The maximum absolute atomic E-state index is 11.9. The third kappa shape index (κ3) is 2.38. The molecule has 0 aromatic carbocycles. The van der Waals surface area contributed by atoms with Crippen LogP contribution >= 0.6 is 0 Å². The van der Waals surface area contributed by atoms with Gasteiger partial charge >= 0.3 is 11.9 Å². The van der Waals surface area contributed by atoms with Crippen LogP contribution < -0.4 is 0 Å². The van der Waals surface area contributed by atoms with Gasteiger partial charge in [0.15, 0.2) is 0 Å². The molecule has 1 rings (SSSR count). The Bertz CT molecular complexity index is 373. The minimum Gasteiger partial charge on any atom is -0.469 e. The van der Waals surface area contributed by atoms with Gasteiger partial charge in [0.25, 0.3) is 0 Å². The fraction of sp³-hybridized carbons (Fsp3) is 0.750. The van der Waals surface area contributed by atoms with Crippen molar-refractivity contribution < 1.29 is 29.0 Å². The Morgan fingerprint density at radius 1 is 1.28 bits per heavy atom. The molecule has 1 aliphatic carbocycles. The molecule has 102 valence electrons. The molecule has 0 amide bonds. The minimum atomic E-state index is -1.51. The van der Waals surface area contributed by atoms with E-state index in [4.69, 9.17) is 0 Å². The molecular weight excluding hydrogens is 240 g/mol. The molecular formula is C12H18O6. The lowest BCUT2D eigenvalue weighted by Crippen LogP contribution is -2.55. The summed E-state index contributed by atoms with van der Waals surface area (Å²) in [5.41, 5.74) is -1.51. The Kier molecular flexibility index (Phi) is 4.11. The van der Waals surface area contributed by atoms with E-state index in [9.17, 15) is 19.5 Å². The molecule has 0 heterocycles. The fourth-order valence-corrected chi connectivity index (χ4v) is 2.69. The van der Waals surface area contributed by atoms with Gasteiger partial charge < -0.3 is 14.6 Å². The molecule has 1 aliphatic rings. The maximum atomic E-state index is 11.9. The molecule has 0 saturated heterocycles. The average molecular weight is 258 g/mol. The first-order valence-corrected chi connectivity index (χ1v) is 5.67. The van der Waals surface area contributed by atoms with E-state index in [-0.39, 0.29) is 6.42 Å². The van der Waals surface area contributed by atoms with Gasteiger partial charge in [-0.2, -0.15) is 0 Å². The lowest BCUT2D eigenvalue weighted by molar-refractivity contribution is -0.174. The Morgan fingerprint density at radius 2 is 1.78 bits per heavy atom. The van der Waals surface area contributed by atoms with Crippen LogP contribution in [0.15, 0.2) is 0 Å². The van der Waals surface area contributed by atoms with Crippen molar-refractivity contribution in [3.63, 3.8) is 0 Å². The summed E-state index contributed by atoms with van der Waals surface area (Å²) < 4.78 is 9.20. The molecule has 0 bridgehead atoms. The van der Waals surface area contributed by atoms with Gasteiger partial charge in [0, 0.05) is 6.42 Å². The van der Waals surface area contributed by atoms with Gasteiger partial charge in [0.05, 0.1) is 25.7 Å². The average Bonchev–Trinajstić information content (AvgIpc) is 2.26. The predicted molar refractivity (Wildman–Crippen MR) is 60.4 cm³/mol. The second kappa shape index (κ2) is 5.06. The largest absolute Gasteiger partial charge is 0.469 e. The lowest BCUT2D eigenvalue weighted by atomic mass is 9.64. The number of methoxy groups -OCH3 is 2. The highest BCUT2D eigenvalue weighted by atomic mass is 16.5. The molecule has 1 N–H and O–H groups in total. The van der Waals surface area contributed by atoms with Crippen LogP contribution in [0.3, 0.4) is 0 Å². The summed E-state index contributed by atoms with van der Waals surface area (Å²) in [5.74, 6) is -4.35. The normalized spacial score (nSPS) is 36.1. The molecule has 1 saturated carbocycles. The molecule has 0 spiro atoms. The van der Waals surface area contributed by atoms with Crippen molar-refractivity contribution in [3.05, 3.63) is 0 Å². The highest BCUT2D eigenvalue weighted by molar-refractivity contribution is 6.01. The third-order valence-corrected chi connectivity index (χ3v) is 3.51. The molecule has 18 heavy (non-hydrogen) atoms. The van der Waals surface area contributed by atoms with E-state index in [0.717, 1.165) is 0 Å². The molecule has 0 aliphatic heterocycles. The van der Waals surface area contributed by atoms with Crippen LogP contribution in [-0.4, -0.2) is 42.6 Å². The van der Waals surface area contributed by atoms with E-state index >= 15 is 0 Å². The molecule has 1 fully saturated rings. The second-order valence-electron chi connectivity index (χ2n) is 4.86. The number of carbonyl (C=O) groups excluding carboxylic acids is 3. The van der Waals surface area contributed by atoms with E-state index in [2.05, 4.69) is 9.47 Å². The Labute approximate surface area is 105 Å². The topological polar surface area (TPSA) is 89.9 Å². The SMILES string of the molecule is COC(=O)C1C(=O)CC(C)(O)C(C(=O)OC)C1C. The molecule has 6 heteroatoms. The van der Waals surface area contributed by atoms with Crippen molar-refractivity contribution in [2.24, 2.45) is 17.8 Å². The Morgan fingerprint density at radius 3 is 2.22 bits per heavy atom. The number of esters is 2. The van der Waals surface area contributed by atoms with Crippen molar-refractivity contribution in [2.75, 3.05) is 14.2 Å². The number of hydrogen-bond donors (Lipinski definition) is 1. The van der Waals surface area contributed by atoms with Crippen LogP contribution in [-0.2, 0) is 23.9 Å². The summed E-state index contributed by atoms with van der Waals surface area (Å²) >= 11 is 0. The van der Waals surface area contributed by atoms with E-state index in [1.54, 1.807) is 6.92 Å². The quantitative estimate of drug-likeness (QED) is 0.550. The first kappa shape index (κ1) is 14.6. The minimum absolute atomic E-state index is 0.267. The van der Waals surface area contributed by atoms with Gasteiger partial charge in [-0.1, -0.05) is 6.92 Å². The summed E-state index contributed by atoms with van der Waals surface area (Å²) in [6, 6.07) is 0. The standard InChI is InChI=1S/C12H18O6/c1-6-8(10(14)17-3)7(13)5-12(2,16)9(6)11(15)18-4/h6,8-9,16H,5H2,1-4H3. The smallest absolute Gasteiger partial charge is 0.316 e. The summed E-state index contributed by atoms with van der Waals surface area (Å²) in [5, 5.41) is 10.2. The zero-order valence-electron chi connectivity index (χ0n) is 10.9. The number of Topliss-reactive ketones (excluding diaryl/α,β-unsaturated/α-hetero) is 1. The first-order valence-electron chi connectivity index (χ1n) is 5.67. The van der Waals surface area contributed by atoms with Crippen LogP contribution in [0, 0.1) is 17.8 Å². The molecule has 6 nitrogen and oxygen atoms in total. The Balaban J connectivity index is 3.12. The van der Waals surface area contributed by atoms with E-state index < -0.39 is 41.1 Å². The number of hydrogen-bond acceptors (Lipinski definition) is 6. The van der Waals surface area contributed by atoms with Crippen molar-refractivity contribution in [1.29, 1.82) is 0 Å². The van der Waals surface area contributed by atoms with Gasteiger partial charge in [-0.15, -0.1) is 0 Å². The monoisotopic (exact) mass is 258 g/mol. The molecule has 0 aromatic heterocycles. The first-order chi connectivity index (χ1) is 8.26. The van der Waals surface area contributed by atoms with Crippen molar-refractivity contribution in [1.82, 2.24) is 0 Å². The maximum Gasteiger partial charge on any atom is 0.316 e. The van der Waals surface area contributed by atoms with Crippen molar-refractivity contribution in [3.8, 4) is 0 Å². The van der Waals surface area contributed by atoms with E-state index in [1.807, 2.05) is 0 Å². The van der Waals surface area contributed by atoms with Gasteiger partial charge in [-0.3, -0.25) is 14.4 Å². The summed E-state index contributed by atoms with van der Waals surface area (Å²) in [7, 11) is 2.39. The van der Waals surface area contributed by atoms with Crippen LogP contribution in [0.25, 0.3) is 0 Å². The number of ketones is 1. The highest BCUT2D eigenvalue weighted by Gasteiger charge is 2.54. The predicted octanol–water partition coefficient (Wildman–Crippen LogP) is -0.0753. The van der Waals surface area contributed by atoms with Crippen LogP contribution in [0.4, 0.5) is 0 Å². The summed E-state index contributed by atoms with van der Waals surface area (Å²) in [6.45, 7) is 2.96. The van der Waals surface area contributed by atoms with Crippen LogP contribution in [0.5, 0.6) is 0 Å². The van der Waals surface area contributed by atoms with Crippen molar-refractivity contribution >= 4 is 17.7 Å². The van der Waals surface area contributed by atoms with Gasteiger partial charge in [-0.25, -0.2) is 0 Å². The molecule has 0 aromatic rings. The molecule has 4 unspecified atom stereocenters. The highest BCUT2D eigenvalue weighted by Crippen LogP contribution is 2.40. The Hall–Kier alpha value is -1.43.